The van der Waals surface area contributed by atoms with Crippen molar-refractivity contribution in [1.82, 2.24) is 4.31 Å². The second-order valence-corrected chi connectivity index (χ2v) is 9.21. The minimum absolute atomic E-state index is 0.175. The number of nitrogens with zero attached hydrogens (tertiary/aromatic N) is 1. The average Bonchev–Trinajstić information content (AvgIpc) is 2.71. The number of rotatable bonds is 9. The zero-order valence-corrected chi connectivity index (χ0v) is 20.2. The van der Waals surface area contributed by atoms with Gasteiger partial charge in [0.25, 0.3) is 5.91 Å². The van der Waals surface area contributed by atoms with Crippen LogP contribution in [0.5, 0.6) is 11.5 Å². The number of benzene rings is 2. The van der Waals surface area contributed by atoms with Crippen LogP contribution in [0.3, 0.4) is 0 Å². The van der Waals surface area contributed by atoms with E-state index in [-0.39, 0.29) is 4.90 Å². The first-order valence-electron chi connectivity index (χ1n) is 9.61. The van der Waals surface area contributed by atoms with Gasteiger partial charge >= 0.3 is 0 Å². The number of hydrogen-bond acceptors (Lipinski definition) is 5. The van der Waals surface area contributed by atoms with Gasteiger partial charge in [-0.2, -0.15) is 4.31 Å². The van der Waals surface area contributed by atoms with E-state index >= 15 is 0 Å². The van der Waals surface area contributed by atoms with Gasteiger partial charge < -0.3 is 14.8 Å². The quantitative estimate of drug-likeness (QED) is 0.551. The standard InChI is InChI=1S/C21H27BrN2O5S/c1-6-24(7-2)30(26,27)19-13-16(10-9-14(19)4)23-21(25)15-11-17(22)20(29-8-3)18(12-15)28-5/h9-13H,6-8H2,1-5H3,(H,23,25). The smallest absolute Gasteiger partial charge is 0.255 e. The van der Waals surface area contributed by atoms with Crippen LogP contribution in [0.1, 0.15) is 36.7 Å². The minimum atomic E-state index is -3.65. The van der Waals surface area contributed by atoms with Gasteiger partial charge in [0.2, 0.25) is 10.0 Å². The fraction of sp³-hybridized carbons (Fsp3) is 0.381. The lowest BCUT2D eigenvalue weighted by molar-refractivity contribution is 0.102. The molecule has 9 heteroatoms. The van der Waals surface area contributed by atoms with Gasteiger partial charge in [-0.05, 0) is 59.6 Å². The third-order valence-corrected chi connectivity index (χ3v) is 7.33. The van der Waals surface area contributed by atoms with E-state index in [2.05, 4.69) is 21.2 Å². The number of anilines is 1. The number of ether oxygens (including phenoxy) is 2. The van der Waals surface area contributed by atoms with Crippen molar-refractivity contribution in [3.8, 4) is 11.5 Å². The molecule has 0 atom stereocenters. The van der Waals surface area contributed by atoms with Crippen molar-refractivity contribution in [2.24, 2.45) is 0 Å². The van der Waals surface area contributed by atoms with Crippen LogP contribution >= 0.6 is 15.9 Å². The van der Waals surface area contributed by atoms with E-state index in [1.54, 1.807) is 45.0 Å². The van der Waals surface area contributed by atoms with Crippen LogP contribution in [0, 0.1) is 6.92 Å². The molecular weight excluding hydrogens is 472 g/mol. The molecule has 0 unspecified atom stereocenters. The maximum atomic E-state index is 12.9. The summed E-state index contributed by atoms with van der Waals surface area (Å²) in [6.45, 7) is 8.36. The molecule has 0 bridgehead atoms. The van der Waals surface area contributed by atoms with Crippen molar-refractivity contribution in [1.29, 1.82) is 0 Å². The molecule has 0 spiro atoms. The van der Waals surface area contributed by atoms with Crippen LogP contribution in [0.2, 0.25) is 0 Å². The molecule has 0 saturated carbocycles. The zero-order valence-electron chi connectivity index (χ0n) is 17.8. The number of aryl methyl sites for hydroxylation is 1. The number of halogens is 1. The largest absolute Gasteiger partial charge is 0.493 e. The van der Waals surface area contributed by atoms with Gasteiger partial charge in [-0.1, -0.05) is 19.9 Å². The van der Waals surface area contributed by atoms with E-state index in [1.165, 1.54) is 17.5 Å². The maximum Gasteiger partial charge on any atom is 0.255 e. The second-order valence-electron chi connectivity index (χ2n) is 6.45. The van der Waals surface area contributed by atoms with E-state index in [1.807, 2.05) is 6.92 Å². The van der Waals surface area contributed by atoms with Crippen LogP contribution in [0.15, 0.2) is 39.7 Å². The highest BCUT2D eigenvalue weighted by Gasteiger charge is 2.24. The van der Waals surface area contributed by atoms with Crippen LogP contribution in [0.25, 0.3) is 0 Å². The van der Waals surface area contributed by atoms with E-state index < -0.39 is 15.9 Å². The lowest BCUT2D eigenvalue weighted by Gasteiger charge is -2.20. The molecule has 1 amide bonds. The number of nitrogens with one attached hydrogen (secondary N) is 1. The van der Waals surface area contributed by atoms with E-state index in [0.29, 0.717) is 52.5 Å². The van der Waals surface area contributed by atoms with E-state index in [0.717, 1.165) is 0 Å². The number of hydrogen-bond donors (Lipinski definition) is 1. The molecule has 7 nitrogen and oxygen atoms in total. The summed E-state index contributed by atoms with van der Waals surface area (Å²) in [5.41, 5.74) is 1.35. The Labute approximate surface area is 186 Å². The Morgan fingerprint density at radius 2 is 1.80 bits per heavy atom. The average molecular weight is 499 g/mol. The molecule has 0 aromatic heterocycles. The molecule has 0 fully saturated rings. The van der Waals surface area contributed by atoms with Gasteiger partial charge in [0, 0.05) is 24.3 Å². The monoisotopic (exact) mass is 498 g/mol. The molecule has 164 valence electrons. The Hall–Kier alpha value is -2.10. The summed E-state index contributed by atoms with van der Waals surface area (Å²) in [6.07, 6.45) is 0. The summed E-state index contributed by atoms with van der Waals surface area (Å²) in [7, 11) is -2.15. The Kier molecular flexibility index (Phi) is 8.28. The number of amides is 1. The van der Waals surface area contributed by atoms with Crippen molar-refractivity contribution in [2.75, 3.05) is 32.1 Å². The lowest BCUT2D eigenvalue weighted by Crippen LogP contribution is -2.31. The summed E-state index contributed by atoms with van der Waals surface area (Å²) < 4.78 is 38.7. The van der Waals surface area contributed by atoms with Crippen molar-refractivity contribution in [3.63, 3.8) is 0 Å². The van der Waals surface area contributed by atoms with Gasteiger partial charge in [0.05, 0.1) is 23.1 Å². The van der Waals surface area contributed by atoms with Crippen molar-refractivity contribution in [2.45, 2.75) is 32.6 Å². The predicted octanol–water partition coefficient (Wildman–Crippen LogP) is 4.45. The number of sulfonamides is 1. The molecule has 0 radical (unpaired) electrons. The van der Waals surface area contributed by atoms with Crippen LogP contribution < -0.4 is 14.8 Å². The highest BCUT2D eigenvalue weighted by Crippen LogP contribution is 2.37. The lowest BCUT2D eigenvalue weighted by atomic mass is 10.1. The van der Waals surface area contributed by atoms with Crippen LogP contribution in [0.4, 0.5) is 5.69 Å². The Balaban J connectivity index is 2.38. The van der Waals surface area contributed by atoms with E-state index in [4.69, 9.17) is 9.47 Å². The second kappa shape index (κ2) is 10.3. The van der Waals surface area contributed by atoms with E-state index in [9.17, 15) is 13.2 Å². The summed E-state index contributed by atoms with van der Waals surface area (Å²) in [4.78, 5) is 13.0. The molecular formula is C21H27BrN2O5S. The summed E-state index contributed by atoms with van der Waals surface area (Å²) in [5.74, 6) is 0.539. The van der Waals surface area contributed by atoms with Crippen molar-refractivity contribution < 1.29 is 22.7 Å². The number of methoxy groups -OCH3 is 1. The van der Waals surface area contributed by atoms with Gasteiger partial charge in [-0.3, -0.25) is 4.79 Å². The number of carbonyl (C=O) groups is 1. The molecule has 0 aliphatic carbocycles. The third-order valence-electron chi connectivity index (χ3n) is 4.55. The predicted molar refractivity (Wildman–Crippen MR) is 121 cm³/mol. The fourth-order valence-electron chi connectivity index (χ4n) is 3.00. The molecule has 0 aliphatic heterocycles. The van der Waals surface area contributed by atoms with Crippen molar-refractivity contribution >= 4 is 37.5 Å². The fourth-order valence-corrected chi connectivity index (χ4v) is 5.26. The molecule has 0 heterocycles. The molecule has 1 N–H and O–H groups in total. The highest BCUT2D eigenvalue weighted by atomic mass is 79.9. The molecule has 2 rings (SSSR count). The first-order valence-corrected chi connectivity index (χ1v) is 11.8. The van der Waals surface area contributed by atoms with Gasteiger partial charge in [-0.15, -0.1) is 0 Å². The Morgan fingerprint density at radius 1 is 1.13 bits per heavy atom. The normalized spacial score (nSPS) is 11.4. The van der Waals surface area contributed by atoms with Gasteiger partial charge in [0.1, 0.15) is 0 Å². The van der Waals surface area contributed by atoms with Crippen molar-refractivity contribution in [3.05, 3.63) is 45.9 Å². The van der Waals surface area contributed by atoms with Gasteiger partial charge in [-0.25, -0.2) is 8.42 Å². The summed E-state index contributed by atoms with van der Waals surface area (Å²) in [6, 6.07) is 8.05. The topological polar surface area (TPSA) is 84.9 Å². The molecule has 0 saturated heterocycles. The molecule has 2 aromatic carbocycles. The SMILES string of the molecule is CCOc1c(Br)cc(C(=O)Nc2ccc(C)c(S(=O)(=O)N(CC)CC)c2)cc1OC. The van der Waals surface area contributed by atoms with Gasteiger partial charge in [0.15, 0.2) is 11.5 Å². The molecule has 30 heavy (non-hydrogen) atoms. The Bertz CT molecular complexity index is 1020. The molecule has 0 aliphatic rings. The first kappa shape index (κ1) is 24.2. The summed E-state index contributed by atoms with van der Waals surface area (Å²) in [5, 5.41) is 2.76. The highest BCUT2D eigenvalue weighted by molar-refractivity contribution is 9.10. The number of carbonyl (C=O) groups excluding carboxylic acids is 1. The zero-order chi connectivity index (χ0) is 22.5. The first-order chi connectivity index (χ1) is 14.2. The van der Waals surface area contributed by atoms with Crippen LogP contribution in [-0.2, 0) is 10.0 Å². The van der Waals surface area contributed by atoms with Crippen LogP contribution in [-0.4, -0.2) is 45.4 Å². The maximum absolute atomic E-state index is 12.9. The Morgan fingerprint density at radius 3 is 2.37 bits per heavy atom. The summed E-state index contributed by atoms with van der Waals surface area (Å²) >= 11 is 3.40. The minimum Gasteiger partial charge on any atom is -0.493 e. The molecule has 2 aromatic rings. The third kappa shape index (κ3) is 5.14.